The van der Waals surface area contributed by atoms with Gasteiger partial charge in [-0.05, 0) is 42.8 Å². The summed E-state index contributed by atoms with van der Waals surface area (Å²) in [5, 5.41) is 4.18. The molecule has 0 saturated heterocycles. The highest BCUT2D eigenvalue weighted by molar-refractivity contribution is 7.89. The molecule has 0 fully saturated rings. The van der Waals surface area contributed by atoms with Crippen LogP contribution in [0.3, 0.4) is 0 Å². The van der Waals surface area contributed by atoms with Crippen LogP contribution in [0.15, 0.2) is 53.4 Å². The fraction of sp³-hybridized carbons (Fsp3) is 0.250. The summed E-state index contributed by atoms with van der Waals surface area (Å²) in [6.45, 7) is 2.83. The van der Waals surface area contributed by atoms with Gasteiger partial charge in [-0.2, -0.15) is 0 Å². The van der Waals surface area contributed by atoms with Gasteiger partial charge in [0.2, 0.25) is 10.0 Å². The van der Waals surface area contributed by atoms with Crippen LogP contribution in [-0.4, -0.2) is 37.3 Å². The van der Waals surface area contributed by atoms with Crippen molar-refractivity contribution < 1.29 is 13.2 Å². The molecule has 8 heteroatoms. The van der Waals surface area contributed by atoms with Crippen LogP contribution < -0.4 is 5.32 Å². The number of carbonyl (C=O) groups excluding carboxylic acids is 1. The van der Waals surface area contributed by atoms with Crippen LogP contribution in [0.2, 0.25) is 5.02 Å². The first-order valence-electron chi connectivity index (χ1n) is 8.83. The number of carbonyl (C=O) groups is 1. The van der Waals surface area contributed by atoms with Gasteiger partial charge in [0.1, 0.15) is 5.69 Å². The second-order valence-electron chi connectivity index (χ2n) is 6.56. The first kappa shape index (κ1) is 20.4. The van der Waals surface area contributed by atoms with Gasteiger partial charge in [0.15, 0.2) is 0 Å². The molecule has 1 aromatic heterocycles. The topological polar surface area (TPSA) is 71.4 Å². The van der Waals surface area contributed by atoms with Crippen molar-refractivity contribution in [3.05, 3.63) is 64.8 Å². The number of nitrogens with one attached hydrogen (secondary N) is 1. The van der Waals surface area contributed by atoms with Gasteiger partial charge in [0.25, 0.3) is 5.91 Å². The van der Waals surface area contributed by atoms with Crippen molar-refractivity contribution in [1.82, 2.24) is 14.2 Å². The summed E-state index contributed by atoms with van der Waals surface area (Å²) in [7, 11) is -0.560. The zero-order valence-corrected chi connectivity index (χ0v) is 17.5. The van der Waals surface area contributed by atoms with Gasteiger partial charge in [-0.15, -0.1) is 0 Å². The third kappa shape index (κ3) is 3.78. The lowest BCUT2D eigenvalue weighted by Gasteiger charge is -2.12. The van der Waals surface area contributed by atoms with E-state index in [2.05, 4.69) is 5.32 Å². The lowest BCUT2D eigenvalue weighted by atomic mass is 10.2. The SMILES string of the molecule is CCn1c(C(=O)NCc2ccccc2Cl)cc2cc(S(=O)(=O)N(C)C)ccc21. The molecule has 0 aliphatic heterocycles. The van der Waals surface area contributed by atoms with Crippen LogP contribution in [0, 0.1) is 0 Å². The molecule has 0 aliphatic carbocycles. The molecule has 1 N–H and O–H groups in total. The van der Waals surface area contributed by atoms with Gasteiger partial charge in [-0.1, -0.05) is 29.8 Å². The average molecular weight is 420 g/mol. The molecule has 0 bridgehead atoms. The number of amides is 1. The van der Waals surface area contributed by atoms with Crippen molar-refractivity contribution in [3.8, 4) is 0 Å². The van der Waals surface area contributed by atoms with Crippen molar-refractivity contribution in [2.24, 2.45) is 0 Å². The fourth-order valence-corrected chi connectivity index (χ4v) is 4.20. The molecule has 0 spiro atoms. The van der Waals surface area contributed by atoms with E-state index in [0.29, 0.717) is 29.2 Å². The van der Waals surface area contributed by atoms with E-state index in [-0.39, 0.29) is 10.8 Å². The van der Waals surface area contributed by atoms with Crippen LogP contribution in [0.5, 0.6) is 0 Å². The number of halogens is 1. The molecule has 1 heterocycles. The van der Waals surface area contributed by atoms with E-state index in [9.17, 15) is 13.2 Å². The van der Waals surface area contributed by atoms with Gasteiger partial charge >= 0.3 is 0 Å². The Bertz CT molecular complexity index is 1140. The highest BCUT2D eigenvalue weighted by Crippen LogP contribution is 2.25. The van der Waals surface area contributed by atoms with Crippen molar-refractivity contribution in [2.45, 2.75) is 24.9 Å². The first-order valence-corrected chi connectivity index (χ1v) is 10.6. The number of aromatic nitrogens is 1. The Morgan fingerprint density at radius 3 is 2.50 bits per heavy atom. The molecule has 3 aromatic rings. The van der Waals surface area contributed by atoms with E-state index in [1.54, 1.807) is 30.3 Å². The second-order valence-corrected chi connectivity index (χ2v) is 9.12. The van der Waals surface area contributed by atoms with Crippen molar-refractivity contribution in [2.75, 3.05) is 14.1 Å². The largest absolute Gasteiger partial charge is 0.347 e. The predicted octanol–water partition coefficient (Wildman–Crippen LogP) is 3.49. The summed E-state index contributed by atoms with van der Waals surface area (Å²) in [5.74, 6) is -0.241. The lowest BCUT2D eigenvalue weighted by molar-refractivity contribution is 0.0942. The quantitative estimate of drug-likeness (QED) is 0.664. The number of sulfonamides is 1. The van der Waals surface area contributed by atoms with Crippen molar-refractivity contribution >= 4 is 38.4 Å². The van der Waals surface area contributed by atoms with E-state index >= 15 is 0 Å². The molecule has 148 valence electrons. The van der Waals surface area contributed by atoms with Crippen LogP contribution in [0.25, 0.3) is 10.9 Å². The Morgan fingerprint density at radius 2 is 1.86 bits per heavy atom. The number of hydrogen-bond acceptors (Lipinski definition) is 3. The summed E-state index contributed by atoms with van der Waals surface area (Å²) in [5.41, 5.74) is 2.11. The van der Waals surface area contributed by atoms with Gasteiger partial charge in [-0.3, -0.25) is 4.79 Å². The third-order valence-electron chi connectivity index (χ3n) is 4.60. The fourth-order valence-electron chi connectivity index (χ4n) is 3.06. The van der Waals surface area contributed by atoms with Gasteiger partial charge in [0.05, 0.1) is 4.90 Å². The number of fused-ring (bicyclic) bond motifs is 1. The van der Waals surface area contributed by atoms with Gasteiger partial charge in [0, 0.05) is 43.1 Å². The van der Waals surface area contributed by atoms with E-state index in [1.165, 1.54) is 18.4 Å². The Kier molecular flexibility index (Phi) is 5.79. The summed E-state index contributed by atoms with van der Waals surface area (Å²) in [6, 6.07) is 14.0. The summed E-state index contributed by atoms with van der Waals surface area (Å²) >= 11 is 6.14. The minimum Gasteiger partial charge on any atom is -0.347 e. The van der Waals surface area contributed by atoms with E-state index < -0.39 is 10.0 Å². The minimum absolute atomic E-state index is 0.196. The first-order chi connectivity index (χ1) is 13.3. The van der Waals surface area contributed by atoms with E-state index in [1.807, 2.05) is 29.7 Å². The Labute approximate surface area is 169 Å². The standard InChI is InChI=1S/C20H22ClN3O3S/c1-4-24-18-10-9-16(28(26,27)23(2)3)11-15(18)12-19(24)20(25)22-13-14-7-5-6-8-17(14)21/h5-12H,4,13H2,1-3H3,(H,22,25). The molecule has 6 nitrogen and oxygen atoms in total. The van der Waals surface area contributed by atoms with Gasteiger partial charge in [-0.25, -0.2) is 12.7 Å². The van der Waals surface area contributed by atoms with E-state index in [4.69, 9.17) is 11.6 Å². The molecule has 0 radical (unpaired) electrons. The second kappa shape index (κ2) is 7.95. The molecular weight excluding hydrogens is 398 g/mol. The maximum Gasteiger partial charge on any atom is 0.268 e. The maximum absolute atomic E-state index is 12.8. The number of aryl methyl sites for hydroxylation is 1. The van der Waals surface area contributed by atoms with Crippen molar-refractivity contribution in [1.29, 1.82) is 0 Å². The monoisotopic (exact) mass is 419 g/mol. The third-order valence-corrected chi connectivity index (χ3v) is 6.78. The van der Waals surface area contributed by atoms with E-state index in [0.717, 1.165) is 11.1 Å². The summed E-state index contributed by atoms with van der Waals surface area (Å²) in [4.78, 5) is 13.0. The smallest absolute Gasteiger partial charge is 0.268 e. The predicted molar refractivity (Wildman–Crippen MR) is 111 cm³/mol. The Morgan fingerprint density at radius 1 is 1.14 bits per heavy atom. The molecule has 0 atom stereocenters. The molecule has 2 aromatic carbocycles. The number of benzene rings is 2. The highest BCUT2D eigenvalue weighted by atomic mass is 35.5. The van der Waals surface area contributed by atoms with Crippen LogP contribution in [0.1, 0.15) is 23.0 Å². The molecule has 28 heavy (non-hydrogen) atoms. The number of hydrogen-bond donors (Lipinski definition) is 1. The average Bonchev–Trinajstić information content (AvgIpc) is 3.04. The molecule has 0 unspecified atom stereocenters. The maximum atomic E-state index is 12.8. The summed E-state index contributed by atoms with van der Waals surface area (Å²) < 4.78 is 27.8. The van der Waals surface area contributed by atoms with Crippen LogP contribution >= 0.6 is 11.6 Å². The normalized spacial score (nSPS) is 11.9. The molecule has 0 saturated carbocycles. The zero-order valence-electron chi connectivity index (χ0n) is 15.9. The summed E-state index contributed by atoms with van der Waals surface area (Å²) in [6.07, 6.45) is 0. The Balaban J connectivity index is 1.94. The minimum atomic E-state index is -3.54. The zero-order chi connectivity index (χ0) is 20.5. The molecule has 0 aliphatic rings. The van der Waals surface area contributed by atoms with Crippen LogP contribution in [0.4, 0.5) is 0 Å². The van der Waals surface area contributed by atoms with Gasteiger partial charge < -0.3 is 9.88 Å². The molecule has 1 amide bonds. The Hall–Kier alpha value is -2.35. The lowest BCUT2D eigenvalue weighted by Crippen LogP contribution is -2.25. The highest BCUT2D eigenvalue weighted by Gasteiger charge is 2.20. The molecule has 3 rings (SSSR count). The molecular formula is C20H22ClN3O3S. The number of rotatable bonds is 6. The van der Waals surface area contributed by atoms with Crippen molar-refractivity contribution in [3.63, 3.8) is 0 Å². The number of nitrogens with zero attached hydrogens (tertiary/aromatic N) is 2. The van der Waals surface area contributed by atoms with Crippen LogP contribution in [-0.2, 0) is 23.1 Å².